The SMILES string of the molecule is COc1ccc(C2(N)CCCCC2C(C)(C)C)c(F)c1. The van der Waals surface area contributed by atoms with Crippen molar-refractivity contribution in [2.75, 3.05) is 7.11 Å². The Balaban J connectivity index is 2.46. The van der Waals surface area contributed by atoms with Gasteiger partial charge >= 0.3 is 0 Å². The van der Waals surface area contributed by atoms with Crippen LogP contribution in [0.1, 0.15) is 52.0 Å². The zero-order valence-corrected chi connectivity index (χ0v) is 13.0. The fourth-order valence-corrected chi connectivity index (χ4v) is 3.73. The van der Waals surface area contributed by atoms with Crippen molar-refractivity contribution in [1.82, 2.24) is 0 Å². The topological polar surface area (TPSA) is 35.2 Å². The Bertz CT molecular complexity index is 480. The van der Waals surface area contributed by atoms with Crippen LogP contribution in [0, 0.1) is 17.2 Å². The van der Waals surface area contributed by atoms with E-state index >= 15 is 0 Å². The molecular formula is C17H26FNO. The minimum absolute atomic E-state index is 0.0710. The fourth-order valence-electron chi connectivity index (χ4n) is 3.73. The molecule has 0 amide bonds. The molecule has 0 heterocycles. The summed E-state index contributed by atoms with van der Waals surface area (Å²) in [5.74, 6) is 0.576. The summed E-state index contributed by atoms with van der Waals surface area (Å²) in [5, 5.41) is 0. The third kappa shape index (κ3) is 2.69. The molecule has 2 atom stereocenters. The van der Waals surface area contributed by atoms with Crippen LogP contribution < -0.4 is 10.5 Å². The van der Waals surface area contributed by atoms with Gasteiger partial charge < -0.3 is 10.5 Å². The van der Waals surface area contributed by atoms with Gasteiger partial charge in [0.1, 0.15) is 11.6 Å². The Morgan fingerprint density at radius 3 is 2.55 bits per heavy atom. The maximum Gasteiger partial charge on any atom is 0.131 e. The number of benzene rings is 1. The van der Waals surface area contributed by atoms with Gasteiger partial charge in [-0.1, -0.05) is 39.7 Å². The molecule has 20 heavy (non-hydrogen) atoms. The van der Waals surface area contributed by atoms with E-state index in [0.717, 1.165) is 19.3 Å². The highest BCUT2D eigenvalue weighted by Crippen LogP contribution is 2.48. The van der Waals surface area contributed by atoms with Crippen LogP contribution in [0.2, 0.25) is 0 Å². The Hall–Kier alpha value is -1.09. The number of ether oxygens (including phenoxy) is 1. The smallest absolute Gasteiger partial charge is 0.131 e. The van der Waals surface area contributed by atoms with Crippen molar-refractivity contribution in [3.05, 3.63) is 29.6 Å². The van der Waals surface area contributed by atoms with Crippen LogP contribution >= 0.6 is 0 Å². The maximum absolute atomic E-state index is 14.5. The summed E-state index contributed by atoms with van der Waals surface area (Å²) in [6.07, 6.45) is 4.15. The Morgan fingerprint density at radius 1 is 1.30 bits per heavy atom. The second-order valence-corrected chi connectivity index (χ2v) is 7.05. The summed E-state index contributed by atoms with van der Waals surface area (Å²) in [4.78, 5) is 0. The first-order valence-electron chi connectivity index (χ1n) is 7.42. The van der Waals surface area contributed by atoms with Crippen LogP contribution in [0.4, 0.5) is 4.39 Å². The second kappa shape index (κ2) is 5.36. The predicted molar refractivity (Wildman–Crippen MR) is 80.2 cm³/mol. The van der Waals surface area contributed by atoms with E-state index in [4.69, 9.17) is 10.5 Å². The van der Waals surface area contributed by atoms with Gasteiger partial charge in [-0.3, -0.25) is 0 Å². The van der Waals surface area contributed by atoms with Gasteiger partial charge in [-0.2, -0.15) is 0 Å². The second-order valence-electron chi connectivity index (χ2n) is 7.05. The number of nitrogens with two attached hydrogens (primary N) is 1. The molecule has 2 unspecified atom stereocenters. The van der Waals surface area contributed by atoms with Crippen LogP contribution in [-0.4, -0.2) is 7.11 Å². The predicted octanol–water partition coefficient (Wildman–Crippen LogP) is 4.22. The Labute approximate surface area is 121 Å². The Kier molecular flexibility index (Phi) is 4.10. The van der Waals surface area contributed by atoms with E-state index in [1.54, 1.807) is 19.2 Å². The van der Waals surface area contributed by atoms with Crippen LogP contribution in [-0.2, 0) is 5.54 Å². The first-order valence-corrected chi connectivity index (χ1v) is 7.42. The Morgan fingerprint density at radius 2 is 2.00 bits per heavy atom. The number of hydrogen-bond acceptors (Lipinski definition) is 2. The molecule has 2 nitrogen and oxygen atoms in total. The lowest BCUT2D eigenvalue weighted by Crippen LogP contribution is -2.51. The summed E-state index contributed by atoms with van der Waals surface area (Å²) < 4.78 is 19.6. The van der Waals surface area contributed by atoms with Crippen LogP contribution in [0.3, 0.4) is 0 Å². The molecular weight excluding hydrogens is 253 g/mol. The lowest BCUT2D eigenvalue weighted by Gasteiger charge is -2.48. The van der Waals surface area contributed by atoms with E-state index in [9.17, 15) is 4.39 Å². The van der Waals surface area contributed by atoms with Crippen LogP contribution in [0.25, 0.3) is 0 Å². The number of rotatable bonds is 2. The van der Waals surface area contributed by atoms with Gasteiger partial charge in [0.05, 0.1) is 7.11 Å². The maximum atomic E-state index is 14.5. The molecule has 1 aliphatic rings. The van der Waals surface area contributed by atoms with Gasteiger partial charge in [-0.05, 0) is 30.2 Å². The van der Waals surface area contributed by atoms with Crippen LogP contribution in [0.15, 0.2) is 18.2 Å². The monoisotopic (exact) mass is 279 g/mol. The number of halogens is 1. The summed E-state index contributed by atoms with van der Waals surface area (Å²) in [6, 6.07) is 5.05. The molecule has 1 aliphatic carbocycles. The largest absolute Gasteiger partial charge is 0.497 e. The van der Waals surface area contributed by atoms with Crippen molar-refractivity contribution in [3.63, 3.8) is 0 Å². The van der Waals surface area contributed by atoms with Gasteiger partial charge in [-0.15, -0.1) is 0 Å². The zero-order chi connectivity index (χ0) is 15.0. The van der Waals surface area contributed by atoms with Gasteiger partial charge in [0.15, 0.2) is 0 Å². The highest BCUT2D eigenvalue weighted by Gasteiger charge is 2.45. The van der Waals surface area contributed by atoms with E-state index in [1.807, 2.05) is 0 Å². The fraction of sp³-hybridized carbons (Fsp3) is 0.647. The molecule has 112 valence electrons. The molecule has 3 heteroatoms. The summed E-state index contributed by atoms with van der Waals surface area (Å²) in [5.41, 5.74) is 6.85. The average Bonchev–Trinajstić information content (AvgIpc) is 2.37. The molecule has 2 rings (SSSR count). The van der Waals surface area contributed by atoms with Crippen molar-refractivity contribution in [2.45, 2.75) is 52.0 Å². The van der Waals surface area contributed by atoms with E-state index < -0.39 is 5.54 Å². The van der Waals surface area contributed by atoms with Gasteiger partial charge in [0.25, 0.3) is 0 Å². The number of hydrogen-bond donors (Lipinski definition) is 1. The molecule has 2 N–H and O–H groups in total. The van der Waals surface area contributed by atoms with Gasteiger partial charge in [0, 0.05) is 17.2 Å². The molecule has 0 saturated heterocycles. The van der Waals surface area contributed by atoms with E-state index in [2.05, 4.69) is 20.8 Å². The zero-order valence-electron chi connectivity index (χ0n) is 13.0. The standard InChI is InChI=1S/C17H26FNO/c1-16(2,3)15-7-5-6-10-17(15,19)13-9-8-12(20-4)11-14(13)18/h8-9,11,15H,5-7,10,19H2,1-4H3. The van der Waals surface area contributed by atoms with Crippen molar-refractivity contribution < 1.29 is 9.13 Å². The van der Waals surface area contributed by atoms with Gasteiger partial charge in [0.2, 0.25) is 0 Å². The molecule has 1 aromatic rings. The first-order chi connectivity index (χ1) is 9.29. The molecule has 0 aliphatic heterocycles. The van der Waals surface area contributed by atoms with Crippen molar-refractivity contribution in [1.29, 1.82) is 0 Å². The molecule has 1 saturated carbocycles. The molecule has 0 radical (unpaired) electrons. The summed E-state index contributed by atoms with van der Waals surface area (Å²) in [6.45, 7) is 6.60. The molecule has 0 aromatic heterocycles. The summed E-state index contributed by atoms with van der Waals surface area (Å²) in [7, 11) is 1.55. The lowest BCUT2D eigenvalue weighted by atomic mass is 9.60. The molecule has 0 bridgehead atoms. The minimum atomic E-state index is -0.577. The highest BCUT2D eigenvalue weighted by molar-refractivity contribution is 5.34. The first kappa shape index (κ1) is 15.3. The minimum Gasteiger partial charge on any atom is -0.497 e. The van der Waals surface area contributed by atoms with E-state index in [-0.39, 0.29) is 17.2 Å². The lowest BCUT2D eigenvalue weighted by molar-refractivity contribution is 0.0752. The van der Waals surface area contributed by atoms with Crippen molar-refractivity contribution in [3.8, 4) is 5.75 Å². The van der Waals surface area contributed by atoms with E-state index in [1.165, 1.54) is 12.5 Å². The van der Waals surface area contributed by atoms with E-state index in [0.29, 0.717) is 11.3 Å². The highest BCUT2D eigenvalue weighted by atomic mass is 19.1. The average molecular weight is 279 g/mol. The summed E-state index contributed by atoms with van der Waals surface area (Å²) >= 11 is 0. The third-order valence-corrected chi connectivity index (χ3v) is 4.68. The normalized spacial score (nSPS) is 27.4. The van der Waals surface area contributed by atoms with Gasteiger partial charge in [-0.25, -0.2) is 4.39 Å². The van der Waals surface area contributed by atoms with Crippen molar-refractivity contribution >= 4 is 0 Å². The van der Waals surface area contributed by atoms with Crippen molar-refractivity contribution in [2.24, 2.45) is 17.1 Å². The molecule has 0 spiro atoms. The third-order valence-electron chi connectivity index (χ3n) is 4.68. The quantitative estimate of drug-likeness (QED) is 0.879. The van der Waals surface area contributed by atoms with Crippen LogP contribution in [0.5, 0.6) is 5.75 Å². The molecule has 1 fully saturated rings. The molecule has 1 aromatic carbocycles. The number of methoxy groups -OCH3 is 1.